The second-order valence-electron chi connectivity index (χ2n) is 5.03. The van der Waals surface area contributed by atoms with E-state index in [9.17, 15) is 8.42 Å². The largest absolute Gasteiger partial charge is 0.298 e. The zero-order valence-electron chi connectivity index (χ0n) is 11.4. The predicted octanol–water partition coefficient (Wildman–Crippen LogP) is 2.07. The minimum atomic E-state index is -3.07. The second-order valence-corrected chi connectivity index (χ2v) is 6.96. The van der Waals surface area contributed by atoms with E-state index in [1.807, 2.05) is 48.5 Å². The van der Waals surface area contributed by atoms with Gasteiger partial charge in [-0.3, -0.25) is 10.3 Å². The van der Waals surface area contributed by atoms with Crippen LogP contribution in [0.5, 0.6) is 0 Å². The van der Waals surface area contributed by atoms with E-state index >= 15 is 0 Å². The van der Waals surface area contributed by atoms with Crippen LogP contribution in [0.3, 0.4) is 0 Å². The van der Waals surface area contributed by atoms with Gasteiger partial charge in [-0.05, 0) is 17.7 Å². The Labute approximate surface area is 124 Å². The fourth-order valence-electron chi connectivity index (χ4n) is 2.44. The van der Waals surface area contributed by atoms with Gasteiger partial charge in [0.15, 0.2) is 9.84 Å². The fraction of sp³-hybridized carbons (Fsp3) is 0.188. The maximum absolute atomic E-state index is 11.6. The van der Waals surface area contributed by atoms with Crippen LogP contribution in [-0.4, -0.2) is 25.2 Å². The summed E-state index contributed by atoms with van der Waals surface area (Å²) in [4.78, 5) is 4.40. The standard InChI is InChI=1S/C16H16N2O2S/c19-21(20)11-9-14(12-21)18-16(13-6-2-1-3-7-13)15-8-4-5-10-17-15/h1-11,14,16,18H,12H2. The van der Waals surface area contributed by atoms with Crippen molar-refractivity contribution in [2.24, 2.45) is 0 Å². The molecule has 0 saturated carbocycles. The molecule has 0 amide bonds. The molecule has 1 aromatic carbocycles. The summed E-state index contributed by atoms with van der Waals surface area (Å²) in [6.07, 6.45) is 3.45. The molecule has 3 rings (SSSR count). The minimum Gasteiger partial charge on any atom is -0.298 e. The number of nitrogens with zero attached hydrogens (tertiary/aromatic N) is 1. The molecule has 0 bridgehead atoms. The number of aromatic nitrogens is 1. The van der Waals surface area contributed by atoms with Crippen molar-refractivity contribution in [3.63, 3.8) is 0 Å². The zero-order valence-corrected chi connectivity index (χ0v) is 12.2. The third kappa shape index (κ3) is 3.37. The summed E-state index contributed by atoms with van der Waals surface area (Å²) in [5.74, 6) is 0.100. The van der Waals surface area contributed by atoms with Crippen LogP contribution in [0.1, 0.15) is 17.3 Å². The Morgan fingerprint density at radius 1 is 1.10 bits per heavy atom. The number of nitrogens with one attached hydrogen (secondary N) is 1. The molecule has 1 N–H and O–H groups in total. The third-order valence-electron chi connectivity index (χ3n) is 3.43. The lowest BCUT2D eigenvalue weighted by Gasteiger charge is -2.22. The molecule has 2 unspecified atom stereocenters. The molecular weight excluding hydrogens is 284 g/mol. The van der Waals surface area contributed by atoms with Crippen LogP contribution in [0.25, 0.3) is 0 Å². The van der Waals surface area contributed by atoms with Gasteiger partial charge in [-0.2, -0.15) is 0 Å². The Morgan fingerprint density at radius 3 is 2.48 bits per heavy atom. The lowest BCUT2D eigenvalue weighted by atomic mass is 10.0. The molecule has 4 nitrogen and oxygen atoms in total. The molecule has 1 aromatic heterocycles. The van der Waals surface area contributed by atoms with E-state index in [-0.39, 0.29) is 17.8 Å². The number of hydrogen-bond donors (Lipinski definition) is 1. The highest BCUT2D eigenvalue weighted by atomic mass is 32.2. The van der Waals surface area contributed by atoms with Gasteiger partial charge in [0.05, 0.1) is 17.5 Å². The number of benzene rings is 1. The summed E-state index contributed by atoms with van der Waals surface area (Å²) in [5, 5.41) is 4.66. The van der Waals surface area contributed by atoms with E-state index in [0.29, 0.717) is 0 Å². The highest BCUT2D eigenvalue weighted by Crippen LogP contribution is 2.22. The average Bonchev–Trinajstić information content (AvgIpc) is 2.86. The lowest BCUT2D eigenvalue weighted by molar-refractivity contribution is 0.548. The smallest absolute Gasteiger partial charge is 0.173 e. The highest BCUT2D eigenvalue weighted by molar-refractivity contribution is 7.94. The highest BCUT2D eigenvalue weighted by Gasteiger charge is 2.25. The zero-order chi connectivity index (χ0) is 14.7. The van der Waals surface area contributed by atoms with Gasteiger partial charge in [0.1, 0.15) is 0 Å². The van der Waals surface area contributed by atoms with E-state index in [2.05, 4.69) is 10.3 Å². The van der Waals surface area contributed by atoms with Crippen molar-refractivity contribution in [3.8, 4) is 0 Å². The molecular formula is C16H16N2O2S. The molecule has 2 heterocycles. The van der Waals surface area contributed by atoms with E-state index in [1.165, 1.54) is 5.41 Å². The quantitative estimate of drug-likeness (QED) is 0.939. The van der Waals surface area contributed by atoms with Crippen LogP contribution in [0.15, 0.2) is 66.2 Å². The monoisotopic (exact) mass is 300 g/mol. The van der Waals surface area contributed by atoms with Crippen molar-refractivity contribution in [2.75, 3.05) is 5.75 Å². The van der Waals surface area contributed by atoms with Gasteiger partial charge in [0, 0.05) is 17.6 Å². The Kier molecular flexibility index (Phi) is 3.86. The Morgan fingerprint density at radius 2 is 1.86 bits per heavy atom. The number of rotatable bonds is 4. The molecule has 0 saturated heterocycles. The van der Waals surface area contributed by atoms with E-state index in [0.717, 1.165) is 11.3 Å². The first-order valence-electron chi connectivity index (χ1n) is 6.77. The SMILES string of the molecule is O=S1(=O)C=CC(NC(c2ccccc2)c2ccccn2)C1. The average molecular weight is 300 g/mol. The number of hydrogen-bond acceptors (Lipinski definition) is 4. The van der Waals surface area contributed by atoms with E-state index in [1.54, 1.807) is 12.3 Å². The predicted molar refractivity (Wildman–Crippen MR) is 82.4 cm³/mol. The van der Waals surface area contributed by atoms with Crippen molar-refractivity contribution < 1.29 is 8.42 Å². The van der Waals surface area contributed by atoms with Crippen molar-refractivity contribution >= 4 is 9.84 Å². The Hall–Kier alpha value is -1.98. The molecule has 2 atom stereocenters. The van der Waals surface area contributed by atoms with Crippen molar-refractivity contribution in [1.29, 1.82) is 0 Å². The van der Waals surface area contributed by atoms with Gasteiger partial charge >= 0.3 is 0 Å². The summed E-state index contributed by atoms with van der Waals surface area (Å²) in [5.41, 5.74) is 1.94. The first-order chi connectivity index (χ1) is 10.1. The second kappa shape index (κ2) is 5.79. The van der Waals surface area contributed by atoms with Crippen molar-refractivity contribution in [2.45, 2.75) is 12.1 Å². The summed E-state index contributed by atoms with van der Waals surface area (Å²) < 4.78 is 23.1. The normalized spacial score (nSPS) is 21.2. The molecule has 108 valence electrons. The fourth-order valence-corrected chi connectivity index (χ4v) is 3.69. The topological polar surface area (TPSA) is 59.1 Å². The maximum atomic E-state index is 11.6. The molecule has 0 radical (unpaired) electrons. The van der Waals surface area contributed by atoms with Crippen LogP contribution in [0, 0.1) is 0 Å². The van der Waals surface area contributed by atoms with Crippen molar-refractivity contribution in [3.05, 3.63) is 77.5 Å². The van der Waals surface area contributed by atoms with E-state index < -0.39 is 9.84 Å². The molecule has 1 aliphatic rings. The maximum Gasteiger partial charge on any atom is 0.173 e. The minimum absolute atomic E-state index is 0.100. The van der Waals surface area contributed by atoms with Gasteiger partial charge in [0.2, 0.25) is 0 Å². The molecule has 0 aliphatic carbocycles. The van der Waals surface area contributed by atoms with Gasteiger partial charge in [-0.25, -0.2) is 8.42 Å². The Balaban J connectivity index is 1.89. The summed E-state index contributed by atoms with van der Waals surface area (Å²) in [7, 11) is -3.07. The first kappa shape index (κ1) is 14.0. The summed E-state index contributed by atoms with van der Waals surface area (Å²) in [6, 6.07) is 15.3. The molecule has 1 aliphatic heterocycles. The number of sulfone groups is 1. The Bertz CT molecular complexity index is 688. The van der Waals surface area contributed by atoms with Crippen LogP contribution < -0.4 is 5.32 Å². The summed E-state index contributed by atoms with van der Waals surface area (Å²) >= 11 is 0. The van der Waals surface area contributed by atoms with Gasteiger partial charge in [-0.15, -0.1) is 0 Å². The van der Waals surface area contributed by atoms with Crippen LogP contribution in [0.4, 0.5) is 0 Å². The molecule has 0 spiro atoms. The van der Waals surface area contributed by atoms with Crippen LogP contribution in [-0.2, 0) is 9.84 Å². The van der Waals surface area contributed by atoms with Crippen LogP contribution >= 0.6 is 0 Å². The lowest BCUT2D eigenvalue weighted by Crippen LogP contribution is -2.34. The van der Waals surface area contributed by atoms with Crippen molar-refractivity contribution in [1.82, 2.24) is 10.3 Å². The third-order valence-corrected chi connectivity index (χ3v) is 4.82. The summed E-state index contributed by atoms with van der Waals surface area (Å²) in [6.45, 7) is 0. The van der Waals surface area contributed by atoms with Gasteiger partial charge < -0.3 is 0 Å². The molecule has 0 fully saturated rings. The van der Waals surface area contributed by atoms with Gasteiger partial charge in [0.25, 0.3) is 0 Å². The van der Waals surface area contributed by atoms with Crippen LogP contribution in [0.2, 0.25) is 0 Å². The number of pyridine rings is 1. The molecule has 21 heavy (non-hydrogen) atoms. The van der Waals surface area contributed by atoms with E-state index in [4.69, 9.17) is 0 Å². The first-order valence-corrected chi connectivity index (χ1v) is 8.48. The molecule has 2 aromatic rings. The van der Waals surface area contributed by atoms with Gasteiger partial charge in [-0.1, -0.05) is 42.5 Å². The molecule has 5 heteroatoms.